The number of urea groups is 1. The molecule has 3 aromatic rings. The topological polar surface area (TPSA) is 93.1 Å². The van der Waals surface area contributed by atoms with E-state index in [1.807, 2.05) is 48.5 Å². The third-order valence-electron chi connectivity index (χ3n) is 6.01. The summed E-state index contributed by atoms with van der Waals surface area (Å²) in [5.41, 5.74) is 4.10. The molecule has 1 fully saturated rings. The Kier molecular flexibility index (Phi) is 5.91. The van der Waals surface area contributed by atoms with Gasteiger partial charge in [0.1, 0.15) is 5.75 Å². The smallest absolute Gasteiger partial charge is 0.342 e. The van der Waals surface area contributed by atoms with Crippen LogP contribution in [-0.2, 0) is 0 Å². The van der Waals surface area contributed by atoms with Crippen LogP contribution >= 0.6 is 0 Å². The van der Waals surface area contributed by atoms with Crippen molar-refractivity contribution in [1.82, 2.24) is 15.3 Å². The number of hydrazone groups is 1. The van der Waals surface area contributed by atoms with Crippen molar-refractivity contribution in [3.05, 3.63) is 84.2 Å². The van der Waals surface area contributed by atoms with E-state index in [1.54, 1.807) is 24.5 Å². The van der Waals surface area contributed by atoms with Gasteiger partial charge in [-0.25, -0.2) is 9.80 Å². The summed E-state index contributed by atoms with van der Waals surface area (Å²) in [5.74, 6) is 0.142. The van der Waals surface area contributed by atoms with Gasteiger partial charge < -0.3 is 20.6 Å². The fraction of sp³-hybridized carbons (Fsp3) is 0.240. The summed E-state index contributed by atoms with van der Waals surface area (Å²) in [7, 11) is 0. The average molecular weight is 443 g/mol. The molecule has 8 heteroatoms. The van der Waals surface area contributed by atoms with E-state index in [0.717, 1.165) is 43.1 Å². The zero-order valence-corrected chi connectivity index (χ0v) is 18.2. The Hall–Kier alpha value is -3.91. The minimum atomic E-state index is -0.415. The van der Waals surface area contributed by atoms with E-state index in [0.29, 0.717) is 17.7 Å². The van der Waals surface area contributed by atoms with Crippen LogP contribution in [0.1, 0.15) is 23.6 Å². The van der Waals surface area contributed by atoms with Crippen LogP contribution in [0.25, 0.3) is 0 Å². The summed E-state index contributed by atoms with van der Waals surface area (Å²) in [6.07, 6.45) is 3.92. The second-order valence-electron chi connectivity index (χ2n) is 8.13. The van der Waals surface area contributed by atoms with Gasteiger partial charge in [0, 0.05) is 67.5 Å². The molecule has 0 spiro atoms. The van der Waals surface area contributed by atoms with Crippen molar-refractivity contribution in [2.45, 2.75) is 12.5 Å². The minimum Gasteiger partial charge on any atom is -0.508 e. The number of anilines is 2. The number of para-hydroxylation sites is 1. The highest BCUT2D eigenvalue weighted by molar-refractivity contribution is 6.04. The normalized spacial score (nSPS) is 18.2. The first kappa shape index (κ1) is 21.0. The number of hydrogen-bond donors (Lipinski definition) is 3. The van der Waals surface area contributed by atoms with Crippen LogP contribution in [0, 0.1) is 0 Å². The van der Waals surface area contributed by atoms with Gasteiger partial charge in [0.05, 0.1) is 11.8 Å². The minimum absolute atomic E-state index is 0.142. The molecule has 1 aromatic heterocycles. The lowest BCUT2D eigenvalue weighted by Gasteiger charge is -2.29. The van der Waals surface area contributed by atoms with E-state index >= 15 is 0 Å². The molecule has 0 radical (unpaired) electrons. The third kappa shape index (κ3) is 4.51. The first-order valence-electron chi connectivity index (χ1n) is 11.1. The van der Waals surface area contributed by atoms with E-state index in [-0.39, 0.29) is 11.8 Å². The predicted octanol–water partition coefficient (Wildman–Crippen LogP) is 3.58. The lowest BCUT2D eigenvalue weighted by atomic mass is 9.98. The van der Waals surface area contributed by atoms with Crippen molar-refractivity contribution >= 4 is 23.1 Å². The number of carbonyl (C=O) groups excluding carboxylic acids is 1. The number of carbonyl (C=O) groups is 1. The molecule has 0 bridgehead atoms. The van der Waals surface area contributed by atoms with Crippen LogP contribution in [0.15, 0.2) is 78.2 Å². The zero-order chi connectivity index (χ0) is 22.6. The number of benzene rings is 2. The van der Waals surface area contributed by atoms with E-state index in [9.17, 15) is 9.90 Å². The number of aromatic hydroxyl groups is 1. The molecule has 1 atom stereocenters. The molecule has 0 aliphatic carbocycles. The highest BCUT2D eigenvalue weighted by Gasteiger charge is 2.34. The number of nitrogens with one attached hydrogen (secondary N) is 2. The summed E-state index contributed by atoms with van der Waals surface area (Å²) in [6, 6.07) is 17.9. The van der Waals surface area contributed by atoms with Crippen LogP contribution in [0.3, 0.4) is 0 Å². The van der Waals surface area contributed by atoms with Gasteiger partial charge in [0.25, 0.3) is 0 Å². The predicted molar refractivity (Wildman–Crippen MR) is 129 cm³/mol. The molecule has 3 N–H and O–H groups in total. The van der Waals surface area contributed by atoms with E-state index in [1.165, 1.54) is 5.01 Å². The number of phenols is 1. The third-order valence-corrected chi connectivity index (χ3v) is 6.01. The van der Waals surface area contributed by atoms with Gasteiger partial charge in [0.15, 0.2) is 0 Å². The quantitative estimate of drug-likeness (QED) is 0.574. The van der Waals surface area contributed by atoms with Crippen LogP contribution in [0.5, 0.6) is 5.75 Å². The van der Waals surface area contributed by atoms with Crippen LogP contribution in [-0.4, -0.2) is 53.0 Å². The molecule has 2 amide bonds. The van der Waals surface area contributed by atoms with E-state index in [4.69, 9.17) is 0 Å². The SMILES string of the molecule is O=C(Nc1ccc(N2CCNCC2)cc1)N1N=C(c2cccnc2)CC1c1ccccc1O. The molecule has 2 aliphatic rings. The van der Waals surface area contributed by atoms with Crippen molar-refractivity contribution in [2.24, 2.45) is 5.10 Å². The number of phenolic OH excluding ortho intramolecular Hbond substituents is 1. The molecule has 2 aromatic carbocycles. The highest BCUT2D eigenvalue weighted by atomic mass is 16.3. The standard InChI is InChI=1S/C25H26N6O2/c32-24-6-2-1-5-21(24)23-16-22(18-4-3-11-27-17-18)29-31(23)25(33)28-19-7-9-20(10-8-19)30-14-12-26-13-15-30/h1-11,17,23,26,32H,12-16H2,(H,28,33). The lowest BCUT2D eigenvalue weighted by molar-refractivity contribution is 0.199. The molecule has 1 unspecified atom stereocenters. The van der Waals surface area contributed by atoms with Gasteiger partial charge in [-0.15, -0.1) is 0 Å². The number of piperazine rings is 1. The molecule has 168 valence electrons. The number of hydrogen-bond acceptors (Lipinski definition) is 6. The molecular formula is C25H26N6O2. The Morgan fingerprint density at radius 2 is 1.82 bits per heavy atom. The van der Waals surface area contributed by atoms with Gasteiger partial charge in [-0.2, -0.15) is 5.10 Å². The summed E-state index contributed by atoms with van der Waals surface area (Å²) in [4.78, 5) is 19.8. The Labute approximate surface area is 192 Å². The van der Waals surface area contributed by atoms with Crippen molar-refractivity contribution in [3.8, 4) is 5.75 Å². The van der Waals surface area contributed by atoms with Gasteiger partial charge >= 0.3 is 6.03 Å². The first-order chi connectivity index (χ1) is 16.2. The van der Waals surface area contributed by atoms with Crippen LogP contribution < -0.4 is 15.5 Å². The molecule has 33 heavy (non-hydrogen) atoms. The monoisotopic (exact) mass is 442 g/mol. The average Bonchev–Trinajstić information content (AvgIpc) is 3.31. The van der Waals surface area contributed by atoms with Crippen molar-refractivity contribution < 1.29 is 9.90 Å². The summed E-state index contributed by atoms with van der Waals surface area (Å²) in [6.45, 7) is 3.87. The molecule has 8 nitrogen and oxygen atoms in total. The van der Waals surface area contributed by atoms with Gasteiger partial charge in [0.2, 0.25) is 0 Å². The molecular weight excluding hydrogens is 416 g/mol. The van der Waals surface area contributed by atoms with E-state index in [2.05, 4.69) is 25.6 Å². The van der Waals surface area contributed by atoms with Gasteiger partial charge in [-0.1, -0.05) is 24.3 Å². The number of amides is 2. The van der Waals surface area contributed by atoms with E-state index < -0.39 is 6.04 Å². The maximum Gasteiger partial charge on any atom is 0.342 e. The summed E-state index contributed by atoms with van der Waals surface area (Å²) < 4.78 is 0. The Morgan fingerprint density at radius 1 is 1.03 bits per heavy atom. The molecule has 3 heterocycles. The molecule has 2 aliphatic heterocycles. The van der Waals surface area contributed by atoms with Gasteiger partial charge in [-0.3, -0.25) is 4.98 Å². The maximum atomic E-state index is 13.3. The van der Waals surface area contributed by atoms with Crippen LogP contribution in [0.4, 0.5) is 16.2 Å². The summed E-state index contributed by atoms with van der Waals surface area (Å²) in [5, 5.41) is 22.8. The van der Waals surface area contributed by atoms with Gasteiger partial charge in [-0.05, 0) is 36.4 Å². The summed E-state index contributed by atoms with van der Waals surface area (Å²) >= 11 is 0. The fourth-order valence-corrected chi connectivity index (χ4v) is 4.28. The van der Waals surface area contributed by atoms with Crippen molar-refractivity contribution in [3.63, 3.8) is 0 Å². The molecule has 1 saturated heterocycles. The van der Waals surface area contributed by atoms with Crippen molar-refractivity contribution in [2.75, 3.05) is 36.4 Å². The second kappa shape index (κ2) is 9.30. The van der Waals surface area contributed by atoms with Crippen LogP contribution in [0.2, 0.25) is 0 Å². The lowest BCUT2D eigenvalue weighted by Crippen LogP contribution is -2.43. The number of pyridine rings is 1. The maximum absolute atomic E-state index is 13.3. The Morgan fingerprint density at radius 3 is 2.55 bits per heavy atom. The first-order valence-corrected chi connectivity index (χ1v) is 11.1. The fourth-order valence-electron chi connectivity index (χ4n) is 4.28. The molecule has 5 rings (SSSR count). The zero-order valence-electron chi connectivity index (χ0n) is 18.2. The van der Waals surface area contributed by atoms with Crippen molar-refractivity contribution in [1.29, 1.82) is 0 Å². The largest absolute Gasteiger partial charge is 0.508 e. The number of nitrogens with zero attached hydrogens (tertiary/aromatic N) is 4. The highest BCUT2D eigenvalue weighted by Crippen LogP contribution is 2.37. The Balaban J connectivity index is 1.37. The number of rotatable bonds is 4. The Bertz CT molecular complexity index is 1140. The molecule has 0 saturated carbocycles. The number of aromatic nitrogens is 1. The second-order valence-corrected chi connectivity index (χ2v) is 8.13.